The SMILES string of the molecule is CCC1CCC(NC(=O)C2CC2N)CC1. The van der Waals surface area contributed by atoms with Gasteiger partial charge in [-0.1, -0.05) is 13.3 Å². The van der Waals surface area contributed by atoms with E-state index in [1.807, 2.05) is 0 Å². The lowest BCUT2D eigenvalue weighted by Crippen LogP contribution is -2.39. The van der Waals surface area contributed by atoms with Gasteiger partial charge < -0.3 is 11.1 Å². The third-order valence-corrected chi connectivity index (χ3v) is 3.95. The predicted molar refractivity (Wildman–Crippen MR) is 60.3 cm³/mol. The fraction of sp³-hybridized carbons (Fsp3) is 0.917. The molecule has 86 valence electrons. The molecule has 2 aliphatic rings. The van der Waals surface area contributed by atoms with Gasteiger partial charge in [0.25, 0.3) is 0 Å². The molecule has 2 atom stereocenters. The van der Waals surface area contributed by atoms with Gasteiger partial charge in [-0.3, -0.25) is 4.79 Å². The predicted octanol–water partition coefficient (Wildman–Crippen LogP) is 1.42. The lowest BCUT2D eigenvalue weighted by Gasteiger charge is -2.28. The summed E-state index contributed by atoms with van der Waals surface area (Å²) in [5.74, 6) is 1.21. The van der Waals surface area contributed by atoms with Gasteiger partial charge in [0.1, 0.15) is 0 Å². The molecule has 2 saturated carbocycles. The van der Waals surface area contributed by atoms with Crippen molar-refractivity contribution in [2.45, 2.75) is 57.5 Å². The van der Waals surface area contributed by atoms with E-state index in [0.717, 1.165) is 25.2 Å². The molecule has 3 N–H and O–H groups in total. The molecular weight excluding hydrogens is 188 g/mol. The number of amides is 1. The summed E-state index contributed by atoms with van der Waals surface area (Å²) in [7, 11) is 0. The molecule has 2 unspecified atom stereocenters. The molecule has 3 heteroatoms. The van der Waals surface area contributed by atoms with Crippen molar-refractivity contribution in [3.8, 4) is 0 Å². The number of carbonyl (C=O) groups excluding carboxylic acids is 1. The van der Waals surface area contributed by atoms with E-state index in [4.69, 9.17) is 5.73 Å². The minimum atomic E-state index is 0.119. The van der Waals surface area contributed by atoms with Gasteiger partial charge in [-0.15, -0.1) is 0 Å². The minimum absolute atomic E-state index is 0.119. The zero-order valence-electron chi connectivity index (χ0n) is 9.54. The number of carbonyl (C=O) groups is 1. The zero-order valence-corrected chi connectivity index (χ0v) is 9.54. The molecular formula is C12H22N2O. The highest BCUT2D eigenvalue weighted by Crippen LogP contribution is 2.30. The van der Waals surface area contributed by atoms with Crippen LogP contribution in [0.1, 0.15) is 45.4 Å². The summed E-state index contributed by atoms with van der Waals surface area (Å²) in [6.45, 7) is 2.26. The molecule has 2 fully saturated rings. The van der Waals surface area contributed by atoms with Crippen LogP contribution in [-0.4, -0.2) is 18.0 Å². The van der Waals surface area contributed by atoms with E-state index in [2.05, 4.69) is 12.2 Å². The molecule has 1 amide bonds. The number of hydrogen-bond donors (Lipinski definition) is 2. The summed E-state index contributed by atoms with van der Waals surface area (Å²) in [5, 5.41) is 3.14. The van der Waals surface area contributed by atoms with Gasteiger partial charge in [-0.2, -0.15) is 0 Å². The van der Waals surface area contributed by atoms with E-state index >= 15 is 0 Å². The first kappa shape index (κ1) is 10.9. The highest BCUT2D eigenvalue weighted by atomic mass is 16.2. The third kappa shape index (κ3) is 2.71. The smallest absolute Gasteiger partial charge is 0.224 e. The van der Waals surface area contributed by atoms with E-state index < -0.39 is 0 Å². The van der Waals surface area contributed by atoms with E-state index in [0.29, 0.717) is 6.04 Å². The molecule has 0 aliphatic heterocycles. The van der Waals surface area contributed by atoms with Crippen LogP contribution in [0.15, 0.2) is 0 Å². The van der Waals surface area contributed by atoms with Crippen LogP contribution in [0.2, 0.25) is 0 Å². The van der Waals surface area contributed by atoms with Crippen molar-refractivity contribution < 1.29 is 4.79 Å². The first-order valence-electron chi connectivity index (χ1n) is 6.26. The lowest BCUT2D eigenvalue weighted by molar-refractivity contribution is -0.123. The Kier molecular flexibility index (Phi) is 3.29. The summed E-state index contributed by atoms with van der Waals surface area (Å²) in [4.78, 5) is 11.6. The van der Waals surface area contributed by atoms with Crippen molar-refractivity contribution in [2.24, 2.45) is 17.6 Å². The highest BCUT2D eigenvalue weighted by Gasteiger charge is 2.40. The first-order chi connectivity index (χ1) is 7.20. The summed E-state index contributed by atoms with van der Waals surface area (Å²) in [6, 6.07) is 0.560. The normalized spacial score (nSPS) is 39.9. The molecule has 3 nitrogen and oxygen atoms in total. The Bertz CT molecular complexity index is 234. The molecule has 0 spiro atoms. The summed E-state index contributed by atoms with van der Waals surface area (Å²) >= 11 is 0. The second-order valence-electron chi connectivity index (χ2n) is 5.14. The molecule has 2 rings (SSSR count). The molecule has 2 aliphatic carbocycles. The van der Waals surface area contributed by atoms with Crippen LogP contribution in [-0.2, 0) is 4.79 Å². The Balaban J connectivity index is 1.70. The molecule has 0 radical (unpaired) electrons. The monoisotopic (exact) mass is 210 g/mol. The largest absolute Gasteiger partial charge is 0.353 e. The molecule has 0 heterocycles. The van der Waals surface area contributed by atoms with Gasteiger partial charge >= 0.3 is 0 Å². The fourth-order valence-corrected chi connectivity index (χ4v) is 2.54. The first-order valence-corrected chi connectivity index (χ1v) is 6.26. The summed E-state index contributed by atoms with van der Waals surface area (Å²) < 4.78 is 0. The topological polar surface area (TPSA) is 55.1 Å². The van der Waals surface area contributed by atoms with Gasteiger partial charge in [0, 0.05) is 12.1 Å². The van der Waals surface area contributed by atoms with Crippen molar-refractivity contribution >= 4 is 5.91 Å². The van der Waals surface area contributed by atoms with E-state index in [9.17, 15) is 4.79 Å². The van der Waals surface area contributed by atoms with Crippen LogP contribution < -0.4 is 11.1 Å². The number of hydrogen-bond acceptors (Lipinski definition) is 2. The van der Waals surface area contributed by atoms with Gasteiger partial charge in [0.15, 0.2) is 0 Å². The van der Waals surface area contributed by atoms with Gasteiger partial charge in [-0.25, -0.2) is 0 Å². The van der Waals surface area contributed by atoms with Gasteiger partial charge in [-0.05, 0) is 38.0 Å². The molecule has 0 aromatic carbocycles. The average molecular weight is 210 g/mol. The van der Waals surface area contributed by atoms with Crippen LogP contribution in [0.3, 0.4) is 0 Å². The Hall–Kier alpha value is -0.570. The average Bonchev–Trinajstić information content (AvgIpc) is 2.97. The minimum Gasteiger partial charge on any atom is -0.353 e. The van der Waals surface area contributed by atoms with Crippen molar-refractivity contribution in [3.63, 3.8) is 0 Å². The van der Waals surface area contributed by atoms with Crippen LogP contribution in [0.25, 0.3) is 0 Å². The van der Waals surface area contributed by atoms with Crippen molar-refractivity contribution in [3.05, 3.63) is 0 Å². The maximum absolute atomic E-state index is 11.6. The second-order valence-corrected chi connectivity index (χ2v) is 5.14. The van der Waals surface area contributed by atoms with Crippen LogP contribution in [0.5, 0.6) is 0 Å². The standard InChI is InChI=1S/C12H22N2O/c1-2-8-3-5-9(6-4-8)14-12(15)10-7-11(10)13/h8-11H,2-7,13H2,1H3,(H,14,15). The van der Waals surface area contributed by atoms with Crippen molar-refractivity contribution in [1.29, 1.82) is 0 Å². The Labute approximate surface area is 91.8 Å². The number of nitrogens with two attached hydrogens (primary N) is 1. The van der Waals surface area contributed by atoms with Gasteiger partial charge in [0.2, 0.25) is 5.91 Å². The highest BCUT2D eigenvalue weighted by molar-refractivity contribution is 5.82. The Morgan fingerprint density at radius 2 is 1.93 bits per heavy atom. The van der Waals surface area contributed by atoms with Crippen LogP contribution >= 0.6 is 0 Å². The lowest BCUT2D eigenvalue weighted by atomic mass is 9.84. The molecule has 0 aromatic rings. The Morgan fingerprint density at radius 1 is 1.33 bits per heavy atom. The Morgan fingerprint density at radius 3 is 2.40 bits per heavy atom. The molecule has 0 saturated heterocycles. The summed E-state index contributed by atoms with van der Waals surface area (Å²) in [5.41, 5.74) is 5.66. The number of nitrogens with one attached hydrogen (secondary N) is 1. The third-order valence-electron chi connectivity index (χ3n) is 3.95. The fourth-order valence-electron chi connectivity index (χ4n) is 2.54. The maximum atomic E-state index is 11.6. The number of rotatable bonds is 3. The van der Waals surface area contributed by atoms with Gasteiger partial charge in [0.05, 0.1) is 5.92 Å². The van der Waals surface area contributed by atoms with Crippen molar-refractivity contribution in [2.75, 3.05) is 0 Å². The maximum Gasteiger partial charge on any atom is 0.224 e. The van der Waals surface area contributed by atoms with Crippen LogP contribution in [0.4, 0.5) is 0 Å². The molecule has 0 aromatic heterocycles. The van der Waals surface area contributed by atoms with Crippen LogP contribution in [0, 0.1) is 11.8 Å². The van der Waals surface area contributed by atoms with E-state index in [-0.39, 0.29) is 17.9 Å². The van der Waals surface area contributed by atoms with Crippen molar-refractivity contribution in [1.82, 2.24) is 5.32 Å². The summed E-state index contributed by atoms with van der Waals surface area (Å²) in [6.07, 6.45) is 7.04. The second kappa shape index (κ2) is 4.52. The van der Waals surface area contributed by atoms with E-state index in [1.54, 1.807) is 0 Å². The van der Waals surface area contributed by atoms with E-state index in [1.165, 1.54) is 19.3 Å². The molecule has 0 bridgehead atoms. The quantitative estimate of drug-likeness (QED) is 0.740. The zero-order chi connectivity index (χ0) is 10.8. The molecule has 15 heavy (non-hydrogen) atoms.